The Balaban J connectivity index is 0.000000202. The van der Waals surface area contributed by atoms with Crippen LogP contribution in [0.15, 0.2) is 124 Å². The number of aryl methyl sites for hydroxylation is 2. The van der Waals surface area contributed by atoms with Crippen LogP contribution in [0.5, 0.6) is 5.75 Å². The first kappa shape index (κ1) is 26.3. The molecule has 36 heavy (non-hydrogen) atoms. The first-order valence-electron chi connectivity index (χ1n) is 12.1. The van der Waals surface area contributed by atoms with Crippen molar-refractivity contribution < 1.29 is 4.74 Å². The molecule has 0 spiro atoms. The van der Waals surface area contributed by atoms with Crippen LogP contribution in [0, 0.1) is 6.92 Å². The van der Waals surface area contributed by atoms with Crippen LogP contribution in [0.1, 0.15) is 30.0 Å². The standard InChI is InChI=1S/C17H19NO.C15H14N2/c1-14(12-13-15-8-4-3-5-9-15)18-16-10-6-7-11-17(16)19-2;1-13-7-5-6-10-15(13)17-12-16-11-14-8-3-2-4-9-14/h3-11H,12-13H2,1-2H3;2-10H,11H2,1H3. The minimum atomic E-state index is 0.621. The number of hydrogen-bond acceptors (Lipinski definition) is 4. The zero-order valence-corrected chi connectivity index (χ0v) is 21.3. The summed E-state index contributed by atoms with van der Waals surface area (Å²) in [7, 11) is 1.67. The monoisotopic (exact) mass is 475 g/mol. The summed E-state index contributed by atoms with van der Waals surface area (Å²) in [6.07, 6.45) is 1.98. The summed E-state index contributed by atoms with van der Waals surface area (Å²) >= 11 is 0. The number of nitrogens with zero attached hydrogens (tertiary/aromatic N) is 3. The summed E-state index contributed by atoms with van der Waals surface area (Å²) in [4.78, 5) is 13.0. The first-order valence-corrected chi connectivity index (χ1v) is 12.1. The number of hydrogen-bond donors (Lipinski definition) is 0. The van der Waals surface area contributed by atoms with Crippen LogP contribution in [0.3, 0.4) is 0 Å². The molecule has 0 saturated carbocycles. The lowest BCUT2D eigenvalue weighted by Crippen LogP contribution is -1.95. The van der Waals surface area contributed by atoms with Crippen molar-refractivity contribution in [3.8, 4) is 5.75 Å². The maximum absolute atomic E-state index is 5.30. The van der Waals surface area contributed by atoms with Crippen molar-refractivity contribution in [1.29, 1.82) is 0 Å². The molecule has 4 heteroatoms. The predicted molar refractivity (Wildman–Crippen MR) is 151 cm³/mol. The molecule has 0 radical (unpaired) electrons. The lowest BCUT2D eigenvalue weighted by atomic mass is 10.1. The number of benzene rings is 4. The average Bonchev–Trinajstić information content (AvgIpc) is 2.93. The molecule has 0 N–H and O–H groups in total. The Labute approximate surface area is 214 Å². The van der Waals surface area contributed by atoms with Gasteiger partial charge < -0.3 is 4.74 Å². The van der Waals surface area contributed by atoms with Crippen molar-refractivity contribution in [3.05, 3.63) is 126 Å². The fourth-order valence-corrected chi connectivity index (χ4v) is 3.44. The number of para-hydroxylation sites is 3. The highest BCUT2D eigenvalue weighted by Gasteiger charge is 2.01. The third-order valence-corrected chi connectivity index (χ3v) is 5.48. The molecular weight excluding hydrogens is 442 g/mol. The van der Waals surface area contributed by atoms with Crippen molar-refractivity contribution in [3.63, 3.8) is 0 Å². The van der Waals surface area contributed by atoms with E-state index in [9.17, 15) is 0 Å². The molecule has 4 nitrogen and oxygen atoms in total. The van der Waals surface area contributed by atoms with Crippen LogP contribution in [0.4, 0.5) is 11.4 Å². The summed E-state index contributed by atoms with van der Waals surface area (Å²) in [5.74, 6) is 0.821. The second kappa shape index (κ2) is 14.9. The largest absolute Gasteiger partial charge is 0.494 e. The normalized spacial score (nSPS) is 10.5. The van der Waals surface area contributed by atoms with E-state index < -0.39 is 0 Å². The van der Waals surface area contributed by atoms with E-state index in [1.165, 1.54) is 11.1 Å². The van der Waals surface area contributed by atoms with Crippen molar-refractivity contribution in [1.82, 2.24) is 0 Å². The molecule has 0 aliphatic carbocycles. The third kappa shape index (κ3) is 9.17. The van der Waals surface area contributed by atoms with E-state index in [-0.39, 0.29) is 0 Å². The molecule has 0 unspecified atom stereocenters. The Morgan fingerprint density at radius 3 is 1.97 bits per heavy atom. The van der Waals surface area contributed by atoms with Gasteiger partial charge in [0.1, 0.15) is 11.4 Å². The van der Waals surface area contributed by atoms with Gasteiger partial charge in [-0.3, -0.25) is 4.99 Å². The Morgan fingerprint density at radius 1 is 0.722 bits per heavy atom. The van der Waals surface area contributed by atoms with Crippen LogP contribution in [-0.2, 0) is 13.0 Å². The van der Waals surface area contributed by atoms with Gasteiger partial charge in [0, 0.05) is 5.71 Å². The van der Waals surface area contributed by atoms with Crippen LogP contribution in [0.2, 0.25) is 0 Å². The highest BCUT2D eigenvalue weighted by atomic mass is 16.5. The van der Waals surface area contributed by atoms with Crippen molar-refractivity contribution in [2.45, 2.75) is 33.2 Å². The van der Waals surface area contributed by atoms with Crippen LogP contribution in [0.25, 0.3) is 0 Å². The molecule has 0 bridgehead atoms. The average molecular weight is 476 g/mol. The molecule has 0 aliphatic rings. The zero-order chi connectivity index (χ0) is 25.4. The zero-order valence-electron chi connectivity index (χ0n) is 21.3. The van der Waals surface area contributed by atoms with Gasteiger partial charge in [-0.05, 0) is 61.6 Å². The minimum absolute atomic E-state index is 0.621. The summed E-state index contributed by atoms with van der Waals surface area (Å²) in [5.41, 5.74) is 6.58. The molecule has 0 aromatic heterocycles. The topological polar surface area (TPSA) is 46.3 Å². The highest BCUT2D eigenvalue weighted by Crippen LogP contribution is 2.26. The number of aliphatic imine (C=N–C) groups is 3. The van der Waals surface area contributed by atoms with Crippen molar-refractivity contribution >= 4 is 23.1 Å². The molecule has 4 aromatic rings. The van der Waals surface area contributed by atoms with Crippen LogP contribution < -0.4 is 4.74 Å². The lowest BCUT2D eigenvalue weighted by molar-refractivity contribution is 0.416. The second-order valence-electron chi connectivity index (χ2n) is 8.30. The van der Waals surface area contributed by atoms with E-state index in [2.05, 4.69) is 52.2 Å². The Hall–Kier alpha value is -4.27. The Morgan fingerprint density at radius 2 is 1.31 bits per heavy atom. The maximum atomic E-state index is 5.30. The fraction of sp³-hybridized carbons (Fsp3) is 0.188. The molecule has 0 heterocycles. The third-order valence-electron chi connectivity index (χ3n) is 5.48. The highest BCUT2D eigenvalue weighted by molar-refractivity contribution is 5.85. The van der Waals surface area contributed by atoms with Gasteiger partial charge >= 0.3 is 0 Å². The molecular formula is C32H33N3O. The molecule has 0 atom stereocenters. The molecule has 4 rings (SSSR count). The molecule has 182 valence electrons. The van der Waals surface area contributed by atoms with Crippen LogP contribution in [-0.4, -0.2) is 18.8 Å². The van der Waals surface area contributed by atoms with E-state index >= 15 is 0 Å². The smallest absolute Gasteiger partial charge is 0.144 e. The number of rotatable bonds is 8. The molecule has 0 amide bonds. The van der Waals surface area contributed by atoms with Gasteiger partial charge in [-0.1, -0.05) is 91.0 Å². The second-order valence-corrected chi connectivity index (χ2v) is 8.30. The summed E-state index contributed by atoms with van der Waals surface area (Å²) in [6, 6.07) is 39.1. The van der Waals surface area contributed by atoms with E-state index in [1.54, 1.807) is 7.11 Å². The quantitative estimate of drug-likeness (QED) is 0.236. The molecule has 0 aliphatic heterocycles. The Bertz CT molecular complexity index is 1290. The van der Waals surface area contributed by atoms with Gasteiger partial charge in [0.2, 0.25) is 0 Å². The summed E-state index contributed by atoms with van der Waals surface area (Å²) in [5, 5.41) is 0. The van der Waals surface area contributed by atoms with Crippen molar-refractivity contribution in [2.75, 3.05) is 7.11 Å². The first-order chi connectivity index (χ1) is 17.7. The van der Waals surface area contributed by atoms with Gasteiger partial charge in [0.15, 0.2) is 0 Å². The number of ether oxygens (including phenoxy) is 1. The van der Waals surface area contributed by atoms with Crippen molar-refractivity contribution in [2.24, 2.45) is 15.0 Å². The van der Waals surface area contributed by atoms with E-state index in [1.807, 2.05) is 91.9 Å². The van der Waals surface area contributed by atoms with Crippen LogP contribution >= 0.6 is 0 Å². The predicted octanol–water partition coefficient (Wildman–Crippen LogP) is 8.42. The van der Waals surface area contributed by atoms with Gasteiger partial charge in [-0.25, -0.2) is 4.99 Å². The minimum Gasteiger partial charge on any atom is -0.494 e. The summed E-state index contributed by atoms with van der Waals surface area (Å²) < 4.78 is 5.30. The van der Waals surface area contributed by atoms with Gasteiger partial charge in [0.25, 0.3) is 0 Å². The molecule has 0 fully saturated rings. The van der Waals surface area contributed by atoms with Gasteiger partial charge in [-0.15, -0.1) is 0 Å². The van der Waals surface area contributed by atoms with E-state index in [4.69, 9.17) is 4.74 Å². The molecule has 4 aromatic carbocycles. The summed E-state index contributed by atoms with van der Waals surface area (Å²) in [6.45, 7) is 4.71. The van der Waals surface area contributed by atoms with E-state index in [0.717, 1.165) is 41.2 Å². The fourth-order valence-electron chi connectivity index (χ4n) is 3.44. The number of methoxy groups -OCH3 is 1. The van der Waals surface area contributed by atoms with E-state index in [0.29, 0.717) is 6.54 Å². The molecule has 0 saturated heterocycles. The SMILES string of the molecule is COc1ccccc1N=C(C)CCc1ccccc1.Cc1ccccc1N=C=NCc1ccccc1. The van der Waals surface area contributed by atoms with Gasteiger partial charge in [0.05, 0.1) is 25.4 Å². The van der Waals surface area contributed by atoms with Gasteiger partial charge in [-0.2, -0.15) is 4.99 Å². The Kier molecular flexibility index (Phi) is 10.9. The maximum Gasteiger partial charge on any atom is 0.144 e. The lowest BCUT2D eigenvalue weighted by Gasteiger charge is -2.05.